The van der Waals surface area contributed by atoms with Crippen molar-refractivity contribution in [2.24, 2.45) is 0 Å². The van der Waals surface area contributed by atoms with Gasteiger partial charge in [-0.2, -0.15) is 4.21 Å². The Hall–Kier alpha value is -0.890. The number of nitrogens with two attached hydrogens (primary N) is 2. The number of benzene rings is 1. The lowest BCUT2D eigenvalue weighted by Gasteiger charge is -2.00. The van der Waals surface area contributed by atoms with Gasteiger partial charge in [-0.05, 0) is 23.8 Å². The van der Waals surface area contributed by atoms with E-state index in [2.05, 4.69) is 0 Å². The summed E-state index contributed by atoms with van der Waals surface area (Å²) in [7, 11) is -3.11. The first kappa shape index (κ1) is 12.2. The molecule has 0 aromatic heterocycles. The molecule has 0 fully saturated rings. The van der Waals surface area contributed by atoms with E-state index in [1.807, 2.05) is 0 Å². The molecule has 1 aromatic rings. The van der Waals surface area contributed by atoms with E-state index in [0.29, 0.717) is 33.9 Å². The first-order valence-electron chi connectivity index (χ1n) is 4.15. The molecule has 0 saturated heterocycles. The zero-order valence-electron chi connectivity index (χ0n) is 7.92. The molecule has 0 bridgehead atoms. The molecule has 6 N–H and O–H groups in total. The smallest absolute Gasteiger partial charge is 0.399 e. The maximum Gasteiger partial charge on any atom is 0.430 e. The Balaban J connectivity index is 2.70. The maximum atomic E-state index is 10.5. The molecule has 0 amide bonds. The highest BCUT2D eigenvalue weighted by atomic mass is 32.9. The minimum atomic E-state index is -3.71. The lowest BCUT2D eigenvalue weighted by molar-refractivity contribution is 0.450. The number of hydrogen-bond acceptors (Lipinski definition) is 3. The normalized spacial score (nSPS) is 11.3. The summed E-state index contributed by atoms with van der Waals surface area (Å²) in [6.07, 6.45) is 0.526. The zero-order chi connectivity index (χ0) is 11.5. The molecular weight excluding hydrogens is 236 g/mol. The van der Waals surface area contributed by atoms with E-state index in [4.69, 9.17) is 20.6 Å². The van der Waals surface area contributed by atoms with Gasteiger partial charge in [0.25, 0.3) is 10.3 Å². The monoisotopic (exact) mass is 249 g/mol. The molecule has 0 aliphatic rings. The average molecular weight is 249 g/mol. The van der Waals surface area contributed by atoms with Gasteiger partial charge >= 0.3 is 9.05 Å². The van der Waals surface area contributed by atoms with E-state index >= 15 is 0 Å². The Morgan fingerprint density at radius 2 is 1.73 bits per heavy atom. The zero-order valence-corrected chi connectivity index (χ0v) is 9.55. The van der Waals surface area contributed by atoms with Gasteiger partial charge in [-0.1, -0.05) is 0 Å². The second kappa shape index (κ2) is 4.75. The third kappa shape index (κ3) is 4.93. The van der Waals surface area contributed by atoms with Crippen molar-refractivity contribution in [3.63, 3.8) is 0 Å². The molecule has 1 aromatic carbocycles. The second-order valence-electron chi connectivity index (χ2n) is 3.03. The Labute approximate surface area is 91.8 Å². The van der Waals surface area contributed by atoms with Gasteiger partial charge in [0.1, 0.15) is 0 Å². The van der Waals surface area contributed by atoms with E-state index in [1.54, 1.807) is 18.2 Å². The van der Waals surface area contributed by atoms with Gasteiger partial charge in [0.2, 0.25) is 0 Å². The summed E-state index contributed by atoms with van der Waals surface area (Å²) in [6, 6.07) is 5.12. The summed E-state index contributed by atoms with van der Waals surface area (Å²) in [5.41, 5.74) is 13.1. The molecule has 0 spiro atoms. The van der Waals surface area contributed by atoms with Gasteiger partial charge in [0.15, 0.2) is 5.75 Å². The number of anilines is 2. The SMILES string of the molecule is Nc1cc(N)cc(CC[S+]=S(=O)(O)O)c1. The van der Waals surface area contributed by atoms with Crippen molar-refractivity contribution in [1.29, 1.82) is 0 Å². The molecule has 7 heteroatoms. The van der Waals surface area contributed by atoms with Crippen LogP contribution in [0.5, 0.6) is 0 Å². The van der Waals surface area contributed by atoms with Crippen molar-refractivity contribution < 1.29 is 13.3 Å². The molecule has 15 heavy (non-hydrogen) atoms. The molecule has 0 saturated carbocycles. The first-order chi connectivity index (χ1) is 6.87. The van der Waals surface area contributed by atoms with Crippen molar-refractivity contribution >= 4 is 30.7 Å². The second-order valence-corrected chi connectivity index (χ2v) is 6.58. The van der Waals surface area contributed by atoms with Crippen molar-refractivity contribution in [2.75, 3.05) is 17.2 Å². The fourth-order valence-electron chi connectivity index (χ4n) is 1.16. The lowest BCUT2D eigenvalue weighted by Crippen LogP contribution is -2.01. The molecule has 0 aliphatic carbocycles. The molecule has 0 radical (unpaired) electrons. The molecular formula is C8H13N2O3S2+. The lowest BCUT2D eigenvalue weighted by atomic mass is 10.1. The fourth-order valence-corrected chi connectivity index (χ4v) is 2.60. The molecule has 0 aliphatic heterocycles. The van der Waals surface area contributed by atoms with Crippen LogP contribution in [0.2, 0.25) is 0 Å². The van der Waals surface area contributed by atoms with Crippen LogP contribution in [0.4, 0.5) is 11.4 Å². The van der Waals surface area contributed by atoms with Crippen LogP contribution in [-0.2, 0) is 25.8 Å². The summed E-state index contributed by atoms with van der Waals surface area (Å²) in [4.78, 5) is 0. The van der Waals surface area contributed by atoms with E-state index in [0.717, 1.165) is 5.56 Å². The van der Waals surface area contributed by atoms with Gasteiger partial charge in [-0.15, -0.1) is 0 Å². The van der Waals surface area contributed by atoms with E-state index < -0.39 is 9.05 Å². The molecule has 84 valence electrons. The molecule has 0 heterocycles. The Morgan fingerprint density at radius 1 is 1.20 bits per heavy atom. The van der Waals surface area contributed by atoms with Gasteiger partial charge in [-0.25, -0.2) is 0 Å². The van der Waals surface area contributed by atoms with E-state index in [1.165, 1.54) is 0 Å². The quantitative estimate of drug-likeness (QED) is 0.464. The minimum Gasteiger partial charge on any atom is -0.399 e. The third-order valence-corrected chi connectivity index (χ3v) is 3.76. The number of nitrogen functional groups attached to an aromatic ring is 2. The summed E-state index contributed by atoms with van der Waals surface area (Å²) in [5, 5.41) is 0. The van der Waals surface area contributed by atoms with Crippen LogP contribution in [0.15, 0.2) is 18.2 Å². The van der Waals surface area contributed by atoms with Crippen LogP contribution in [0.1, 0.15) is 5.56 Å². The Kier molecular flexibility index (Phi) is 3.86. The van der Waals surface area contributed by atoms with Crippen LogP contribution >= 0.6 is 0 Å². The van der Waals surface area contributed by atoms with E-state index in [-0.39, 0.29) is 0 Å². The predicted molar refractivity (Wildman–Crippen MR) is 64.6 cm³/mol. The number of aryl methyl sites for hydroxylation is 1. The van der Waals surface area contributed by atoms with Crippen molar-refractivity contribution in [3.05, 3.63) is 23.8 Å². The van der Waals surface area contributed by atoms with Crippen LogP contribution in [-0.4, -0.2) is 19.1 Å². The van der Waals surface area contributed by atoms with E-state index in [9.17, 15) is 4.21 Å². The molecule has 1 rings (SSSR count). The maximum absolute atomic E-state index is 10.5. The standard InChI is InChI=1S/C8H12N2O3S2/c9-7-3-6(4-8(10)5-7)1-2-14-15(11,12)13/h3-5H,1-2,9-10H2,(H-,11,12,13)/p+1. The number of hydrogen-bond donors (Lipinski definition) is 4. The highest BCUT2D eigenvalue weighted by Crippen LogP contribution is 2.13. The Morgan fingerprint density at radius 3 is 2.20 bits per heavy atom. The third-order valence-electron chi connectivity index (χ3n) is 1.67. The summed E-state index contributed by atoms with van der Waals surface area (Å²) < 4.78 is 27.7. The Bertz CT molecular complexity index is 439. The van der Waals surface area contributed by atoms with Gasteiger partial charge in [0.05, 0.1) is 0 Å². The van der Waals surface area contributed by atoms with Gasteiger partial charge in [0, 0.05) is 17.8 Å². The largest absolute Gasteiger partial charge is 0.430 e. The highest BCUT2D eigenvalue weighted by Gasteiger charge is 2.09. The van der Waals surface area contributed by atoms with Gasteiger partial charge in [-0.3, -0.25) is 9.11 Å². The topological polar surface area (TPSA) is 110 Å². The first-order valence-corrected chi connectivity index (χ1v) is 7.12. The molecule has 0 unspecified atom stereocenters. The summed E-state index contributed by atoms with van der Waals surface area (Å²) in [5.74, 6) is 0.328. The minimum absolute atomic E-state index is 0.328. The molecule has 0 atom stereocenters. The summed E-state index contributed by atoms with van der Waals surface area (Å²) in [6.45, 7) is 0. The summed E-state index contributed by atoms with van der Waals surface area (Å²) >= 11 is 0. The van der Waals surface area contributed by atoms with Crippen LogP contribution < -0.4 is 11.5 Å². The highest BCUT2D eigenvalue weighted by molar-refractivity contribution is 8.34. The van der Waals surface area contributed by atoms with Crippen molar-refractivity contribution in [1.82, 2.24) is 0 Å². The average Bonchev–Trinajstić information content (AvgIpc) is 1.99. The van der Waals surface area contributed by atoms with Gasteiger partial charge < -0.3 is 11.5 Å². The van der Waals surface area contributed by atoms with Crippen molar-refractivity contribution in [2.45, 2.75) is 6.42 Å². The van der Waals surface area contributed by atoms with Crippen LogP contribution in [0.3, 0.4) is 0 Å². The van der Waals surface area contributed by atoms with Crippen LogP contribution in [0.25, 0.3) is 0 Å². The molecule has 5 nitrogen and oxygen atoms in total. The van der Waals surface area contributed by atoms with Crippen molar-refractivity contribution in [3.8, 4) is 0 Å². The van der Waals surface area contributed by atoms with Crippen LogP contribution in [0, 0.1) is 0 Å². The number of rotatable bonds is 3. The predicted octanol–water partition coefficient (Wildman–Crippen LogP) is 0.622. The fraction of sp³-hybridized carbons (Fsp3) is 0.250.